The largest absolute Gasteiger partial charge is 0.494 e. The zero-order valence-electron chi connectivity index (χ0n) is 19.3. The molecule has 174 valence electrons. The minimum atomic E-state index is 0.0275. The van der Waals surface area contributed by atoms with Crippen LogP contribution in [0.2, 0.25) is 5.02 Å². The van der Waals surface area contributed by atoms with Crippen LogP contribution in [-0.2, 0) is 11.3 Å². The van der Waals surface area contributed by atoms with E-state index < -0.39 is 0 Å². The van der Waals surface area contributed by atoms with E-state index in [1.54, 1.807) is 4.90 Å². The van der Waals surface area contributed by atoms with Crippen molar-refractivity contribution in [1.29, 1.82) is 0 Å². The SMILES string of the molecule is Cc1cccc(OCCCCn2c([C@@H]3CC(=O)N(c4ccccc4Cl)C3)nc3ccccc32)c1. The quantitative estimate of drug-likeness (QED) is 0.279. The van der Waals surface area contributed by atoms with Gasteiger partial charge in [0.1, 0.15) is 11.6 Å². The first kappa shape index (κ1) is 22.5. The molecule has 1 atom stereocenters. The Labute approximate surface area is 204 Å². The van der Waals surface area contributed by atoms with Gasteiger partial charge in [0.25, 0.3) is 0 Å². The summed E-state index contributed by atoms with van der Waals surface area (Å²) in [6.07, 6.45) is 2.34. The van der Waals surface area contributed by atoms with E-state index in [-0.39, 0.29) is 11.8 Å². The van der Waals surface area contributed by atoms with Crippen LogP contribution in [-0.4, -0.2) is 28.6 Å². The summed E-state index contributed by atoms with van der Waals surface area (Å²) in [5.41, 5.74) is 4.05. The van der Waals surface area contributed by atoms with Crippen LogP contribution in [0.5, 0.6) is 5.75 Å². The molecule has 3 aromatic carbocycles. The molecule has 0 radical (unpaired) electrons. The van der Waals surface area contributed by atoms with Crippen molar-refractivity contribution in [3.05, 3.63) is 89.2 Å². The average molecular weight is 474 g/mol. The van der Waals surface area contributed by atoms with E-state index in [2.05, 4.69) is 29.7 Å². The van der Waals surface area contributed by atoms with Crippen LogP contribution in [0.1, 0.15) is 36.6 Å². The van der Waals surface area contributed by atoms with Crippen molar-refractivity contribution in [3.63, 3.8) is 0 Å². The van der Waals surface area contributed by atoms with E-state index in [1.165, 1.54) is 5.56 Å². The molecule has 1 aliphatic heterocycles. The first-order chi connectivity index (χ1) is 16.6. The molecule has 0 saturated carbocycles. The minimum absolute atomic E-state index is 0.0275. The van der Waals surface area contributed by atoms with Crippen molar-refractivity contribution < 1.29 is 9.53 Å². The molecule has 34 heavy (non-hydrogen) atoms. The molecule has 4 aromatic rings. The molecule has 1 fully saturated rings. The second kappa shape index (κ2) is 9.90. The lowest BCUT2D eigenvalue weighted by Gasteiger charge is -2.18. The number of amides is 1. The number of fused-ring (bicyclic) bond motifs is 1. The highest BCUT2D eigenvalue weighted by molar-refractivity contribution is 6.33. The molecule has 1 aromatic heterocycles. The van der Waals surface area contributed by atoms with Crippen LogP contribution in [0, 0.1) is 6.92 Å². The monoisotopic (exact) mass is 473 g/mol. The normalized spacial score (nSPS) is 15.9. The highest BCUT2D eigenvalue weighted by atomic mass is 35.5. The van der Waals surface area contributed by atoms with Gasteiger partial charge in [0.05, 0.1) is 28.4 Å². The van der Waals surface area contributed by atoms with Crippen LogP contribution in [0.3, 0.4) is 0 Å². The smallest absolute Gasteiger partial charge is 0.227 e. The predicted octanol–water partition coefficient (Wildman–Crippen LogP) is 6.38. The fourth-order valence-corrected chi connectivity index (χ4v) is 4.93. The maximum Gasteiger partial charge on any atom is 0.227 e. The molecule has 6 heteroatoms. The Morgan fingerprint density at radius 3 is 2.71 bits per heavy atom. The number of halogens is 1. The molecule has 5 nitrogen and oxygen atoms in total. The minimum Gasteiger partial charge on any atom is -0.494 e. The number of unbranched alkanes of at least 4 members (excludes halogenated alkanes) is 1. The molecule has 5 rings (SSSR count). The molecule has 0 bridgehead atoms. The third-order valence-corrected chi connectivity index (χ3v) is 6.67. The summed E-state index contributed by atoms with van der Waals surface area (Å²) in [4.78, 5) is 19.7. The van der Waals surface area contributed by atoms with Gasteiger partial charge in [-0.3, -0.25) is 4.79 Å². The fourth-order valence-electron chi connectivity index (χ4n) is 4.69. The molecular formula is C28H28ClN3O2. The number of benzene rings is 3. The fraction of sp³-hybridized carbons (Fsp3) is 0.286. The summed E-state index contributed by atoms with van der Waals surface area (Å²) in [7, 11) is 0. The first-order valence-corrected chi connectivity index (χ1v) is 12.2. The zero-order chi connectivity index (χ0) is 23.5. The van der Waals surface area contributed by atoms with Gasteiger partial charge in [0.15, 0.2) is 0 Å². The Kier molecular flexibility index (Phi) is 6.54. The molecular weight excluding hydrogens is 446 g/mol. The van der Waals surface area contributed by atoms with E-state index in [4.69, 9.17) is 21.3 Å². The number of carbonyl (C=O) groups excluding carboxylic acids is 1. The predicted molar refractivity (Wildman–Crippen MR) is 137 cm³/mol. The van der Waals surface area contributed by atoms with Gasteiger partial charge in [-0.2, -0.15) is 0 Å². The van der Waals surface area contributed by atoms with Gasteiger partial charge in [0, 0.05) is 25.4 Å². The van der Waals surface area contributed by atoms with E-state index in [0.717, 1.165) is 47.7 Å². The lowest BCUT2D eigenvalue weighted by molar-refractivity contribution is -0.117. The lowest BCUT2D eigenvalue weighted by atomic mass is 10.1. The second-order valence-electron chi connectivity index (χ2n) is 8.84. The number of para-hydroxylation sites is 3. The van der Waals surface area contributed by atoms with Crippen LogP contribution in [0.25, 0.3) is 11.0 Å². The van der Waals surface area contributed by atoms with Crippen molar-refractivity contribution in [2.75, 3.05) is 18.1 Å². The Morgan fingerprint density at radius 1 is 1.03 bits per heavy atom. The summed E-state index contributed by atoms with van der Waals surface area (Å²) in [5.74, 6) is 2.00. The molecule has 1 aliphatic rings. The second-order valence-corrected chi connectivity index (χ2v) is 9.25. The van der Waals surface area contributed by atoms with E-state index in [0.29, 0.717) is 24.6 Å². The Bertz CT molecular complexity index is 1320. The molecule has 0 spiro atoms. The number of aromatic nitrogens is 2. The number of nitrogens with zero attached hydrogens (tertiary/aromatic N) is 3. The Morgan fingerprint density at radius 2 is 1.85 bits per heavy atom. The lowest BCUT2D eigenvalue weighted by Crippen LogP contribution is -2.24. The number of imidazole rings is 1. The van der Waals surface area contributed by atoms with E-state index in [9.17, 15) is 4.79 Å². The topological polar surface area (TPSA) is 47.4 Å². The molecule has 1 saturated heterocycles. The van der Waals surface area contributed by atoms with Crippen LogP contribution >= 0.6 is 11.6 Å². The summed E-state index contributed by atoms with van der Waals surface area (Å²) in [6.45, 7) is 4.17. The number of rotatable bonds is 8. The Hall–Kier alpha value is -3.31. The van der Waals surface area contributed by atoms with Gasteiger partial charge in [-0.05, 0) is 61.7 Å². The molecule has 0 aliphatic carbocycles. The van der Waals surface area contributed by atoms with E-state index in [1.807, 2.05) is 54.6 Å². The van der Waals surface area contributed by atoms with Gasteiger partial charge in [-0.25, -0.2) is 4.98 Å². The molecule has 1 amide bonds. The van der Waals surface area contributed by atoms with Gasteiger partial charge < -0.3 is 14.2 Å². The third kappa shape index (κ3) is 4.66. The number of hydrogen-bond donors (Lipinski definition) is 0. The third-order valence-electron chi connectivity index (χ3n) is 6.35. The van der Waals surface area contributed by atoms with Crippen LogP contribution < -0.4 is 9.64 Å². The van der Waals surface area contributed by atoms with Crippen molar-refractivity contribution in [3.8, 4) is 5.75 Å². The van der Waals surface area contributed by atoms with Gasteiger partial charge in [0.2, 0.25) is 5.91 Å². The van der Waals surface area contributed by atoms with Gasteiger partial charge in [-0.1, -0.05) is 48.0 Å². The summed E-state index contributed by atoms with van der Waals surface area (Å²) >= 11 is 6.38. The number of anilines is 1. The van der Waals surface area contributed by atoms with Crippen LogP contribution in [0.4, 0.5) is 5.69 Å². The van der Waals surface area contributed by atoms with Crippen molar-refractivity contribution in [2.45, 2.75) is 38.6 Å². The van der Waals surface area contributed by atoms with Crippen molar-refractivity contribution in [2.24, 2.45) is 0 Å². The average Bonchev–Trinajstić information content (AvgIpc) is 3.40. The maximum atomic E-state index is 12.9. The summed E-state index contributed by atoms with van der Waals surface area (Å²) in [5, 5.41) is 0.596. The number of hydrogen-bond acceptors (Lipinski definition) is 3. The van der Waals surface area contributed by atoms with E-state index >= 15 is 0 Å². The standard InChI is InChI=1S/C28H28ClN3O2/c1-20-9-8-10-22(17-20)34-16-7-6-15-31-26-14-5-3-12-24(26)30-28(31)21-18-27(33)32(19-21)25-13-4-2-11-23(25)29/h2-5,8-14,17,21H,6-7,15-16,18-19H2,1H3/t21-/m1/s1. The molecule has 0 unspecified atom stereocenters. The van der Waals surface area contributed by atoms with Gasteiger partial charge >= 0.3 is 0 Å². The maximum absolute atomic E-state index is 12.9. The Balaban J connectivity index is 1.30. The molecule has 0 N–H and O–H groups in total. The van der Waals surface area contributed by atoms with Crippen molar-refractivity contribution >= 4 is 34.2 Å². The number of carbonyl (C=O) groups is 1. The van der Waals surface area contributed by atoms with Gasteiger partial charge in [-0.15, -0.1) is 0 Å². The number of ether oxygens (including phenoxy) is 1. The first-order valence-electron chi connectivity index (χ1n) is 11.8. The summed E-state index contributed by atoms with van der Waals surface area (Å²) < 4.78 is 8.21. The number of aryl methyl sites for hydroxylation is 2. The van der Waals surface area contributed by atoms with Crippen molar-refractivity contribution in [1.82, 2.24) is 9.55 Å². The molecule has 2 heterocycles. The highest BCUT2D eigenvalue weighted by Crippen LogP contribution is 2.36. The summed E-state index contributed by atoms with van der Waals surface area (Å²) in [6, 6.07) is 23.9. The highest BCUT2D eigenvalue weighted by Gasteiger charge is 2.35. The zero-order valence-corrected chi connectivity index (χ0v) is 20.0. The van der Waals surface area contributed by atoms with Crippen LogP contribution in [0.15, 0.2) is 72.8 Å².